The van der Waals surface area contributed by atoms with Gasteiger partial charge >= 0.3 is 0 Å². The second kappa shape index (κ2) is 4.63. The van der Waals surface area contributed by atoms with Gasteiger partial charge in [0.05, 0.1) is 25.0 Å². The lowest BCUT2D eigenvalue weighted by Crippen LogP contribution is -2.24. The highest BCUT2D eigenvalue weighted by Gasteiger charge is 2.30. The molecule has 2 rings (SSSR count). The molecule has 1 atom stereocenters. The molecule has 1 fully saturated rings. The molecular formula is C10H15N3O3. The van der Waals surface area contributed by atoms with Crippen LogP contribution in [0.3, 0.4) is 0 Å². The van der Waals surface area contributed by atoms with Crippen molar-refractivity contribution in [2.24, 2.45) is 5.92 Å². The summed E-state index contributed by atoms with van der Waals surface area (Å²) in [6, 6.07) is 0. The zero-order valence-corrected chi connectivity index (χ0v) is 8.91. The Bertz CT molecular complexity index is 377. The molecule has 0 aromatic carbocycles. The zero-order valence-electron chi connectivity index (χ0n) is 8.91. The van der Waals surface area contributed by atoms with Crippen molar-refractivity contribution in [3.05, 3.63) is 12.4 Å². The number of carbonyl (C=O) groups excluding carboxylic acids is 1. The van der Waals surface area contributed by atoms with Crippen LogP contribution in [0.15, 0.2) is 12.4 Å². The van der Waals surface area contributed by atoms with Crippen molar-refractivity contribution in [1.29, 1.82) is 0 Å². The third-order valence-corrected chi connectivity index (χ3v) is 2.72. The third kappa shape index (κ3) is 2.07. The van der Waals surface area contributed by atoms with Crippen molar-refractivity contribution in [3.63, 3.8) is 0 Å². The van der Waals surface area contributed by atoms with Gasteiger partial charge in [-0.05, 0) is 0 Å². The summed E-state index contributed by atoms with van der Waals surface area (Å²) in [5, 5.41) is 21.8. The van der Waals surface area contributed by atoms with Crippen LogP contribution in [0.2, 0.25) is 0 Å². The van der Waals surface area contributed by atoms with Gasteiger partial charge in [0, 0.05) is 31.7 Å². The Morgan fingerprint density at radius 1 is 1.50 bits per heavy atom. The SMILES string of the molecule is O=C1CC(CO)CN1c1cnn(CCO)c1. The van der Waals surface area contributed by atoms with Crippen LogP contribution < -0.4 is 4.90 Å². The first kappa shape index (κ1) is 11.1. The summed E-state index contributed by atoms with van der Waals surface area (Å²) in [5.74, 6) is 0.0382. The Kier molecular flexibility index (Phi) is 3.21. The van der Waals surface area contributed by atoms with Crippen LogP contribution in [0.4, 0.5) is 5.69 Å². The van der Waals surface area contributed by atoms with Gasteiger partial charge in [-0.25, -0.2) is 0 Å². The molecule has 0 radical (unpaired) electrons. The van der Waals surface area contributed by atoms with Crippen molar-refractivity contribution >= 4 is 11.6 Å². The van der Waals surface area contributed by atoms with E-state index >= 15 is 0 Å². The summed E-state index contributed by atoms with van der Waals surface area (Å²) in [4.78, 5) is 13.3. The van der Waals surface area contributed by atoms with Crippen molar-refractivity contribution < 1.29 is 15.0 Å². The van der Waals surface area contributed by atoms with Gasteiger partial charge in [0.2, 0.25) is 5.91 Å². The maximum atomic E-state index is 11.6. The predicted octanol–water partition coefficient (Wildman–Crippen LogP) is -0.779. The van der Waals surface area contributed by atoms with Crippen molar-refractivity contribution in [1.82, 2.24) is 9.78 Å². The van der Waals surface area contributed by atoms with Gasteiger partial charge in [-0.15, -0.1) is 0 Å². The number of anilines is 1. The lowest BCUT2D eigenvalue weighted by Gasteiger charge is -2.13. The molecule has 16 heavy (non-hydrogen) atoms. The molecule has 0 bridgehead atoms. The van der Waals surface area contributed by atoms with Crippen LogP contribution in [0, 0.1) is 5.92 Å². The molecule has 2 N–H and O–H groups in total. The number of nitrogens with zero attached hydrogens (tertiary/aromatic N) is 3. The standard InChI is InChI=1S/C10H15N3O3/c14-2-1-12-6-9(4-11-12)13-5-8(7-15)3-10(13)16/h4,6,8,14-15H,1-3,5,7H2. The summed E-state index contributed by atoms with van der Waals surface area (Å²) >= 11 is 0. The summed E-state index contributed by atoms with van der Waals surface area (Å²) in [6.07, 6.45) is 3.73. The van der Waals surface area contributed by atoms with Gasteiger partial charge < -0.3 is 15.1 Å². The highest BCUT2D eigenvalue weighted by molar-refractivity contribution is 5.95. The monoisotopic (exact) mass is 225 g/mol. The molecule has 1 aliphatic heterocycles. The number of amides is 1. The van der Waals surface area contributed by atoms with E-state index in [4.69, 9.17) is 10.2 Å². The highest BCUT2D eigenvalue weighted by atomic mass is 16.3. The fourth-order valence-electron chi connectivity index (χ4n) is 1.87. The zero-order chi connectivity index (χ0) is 11.5. The highest BCUT2D eigenvalue weighted by Crippen LogP contribution is 2.24. The molecule has 6 nitrogen and oxygen atoms in total. The van der Waals surface area contributed by atoms with Crippen LogP contribution in [0.5, 0.6) is 0 Å². The normalized spacial score (nSPS) is 20.8. The van der Waals surface area contributed by atoms with Gasteiger partial charge in [-0.3, -0.25) is 9.48 Å². The Morgan fingerprint density at radius 2 is 2.31 bits per heavy atom. The summed E-state index contributed by atoms with van der Waals surface area (Å²) < 4.78 is 1.59. The number of aromatic nitrogens is 2. The van der Waals surface area contributed by atoms with E-state index in [1.54, 1.807) is 22.0 Å². The minimum atomic E-state index is 0.0163. The van der Waals surface area contributed by atoms with Crippen LogP contribution in [-0.4, -0.2) is 45.7 Å². The second-order valence-electron chi connectivity index (χ2n) is 3.94. The number of rotatable bonds is 4. The summed E-state index contributed by atoms with van der Waals surface area (Å²) in [5.41, 5.74) is 0.731. The number of hydrogen-bond acceptors (Lipinski definition) is 4. The predicted molar refractivity (Wildman–Crippen MR) is 56.9 cm³/mol. The Labute approximate surface area is 93.1 Å². The van der Waals surface area contributed by atoms with E-state index in [1.165, 1.54) is 0 Å². The summed E-state index contributed by atoms with van der Waals surface area (Å²) in [7, 11) is 0. The molecule has 88 valence electrons. The van der Waals surface area contributed by atoms with E-state index < -0.39 is 0 Å². The largest absolute Gasteiger partial charge is 0.396 e. The maximum absolute atomic E-state index is 11.6. The van der Waals surface area contributed by atoms with Crippen LogP contribution in [0.1, 0.15) is 6.42 Å². The third-order valence-electron chi connectivity index (χ3n) is 2.72. The molecule has 1 aliphatic rings. The maximum Gasteiger partial charge on any atom is 0.227 e. The van der Waals surface area contributed by atoms with Gasteiger partial charge in [0.1, 0.15) is 0 Å². The Morgan fingerprint density at radius 3 is 2.94 bits per heavy atom. The number of aliphatic hydroxyl groups is 2. The number of carbonyl (C=O) groups is 1. The lowest BCUT2D eigenvalue weighted by atomic mass is 10.1. The molecule has 1 aromatic heterocycles. The first-order valence-electron chi connectivity index (χ1n) is 5.29. The molecule has 6 heteroatoms. The van der Waals surface area contributed by atoms with Gasteiger partial charge in [0.15, 0.2) is 0 Å². The van der Waals surface area contributed by atoms with Crippen molar-refractivity contribution in [2.75, 3.05) is 24.7 Å². The van der Waals surface area contributed by atoms with E-state index in [-0.39, 0.29) is 25.0 Å². The smallest absolute Gasteiger partial charge is 0.227 e. The number of hydrogen-bond donors (Lipinski definition) is 2. The van der Waals surface area contributed by atoms with Crippen molar-refractivity contribution in [3.8, 4) is 0 Å². The Balaban J connectivity index is 2.09. The molecule has 0 aliphatic carbocycles. The lowest BCUT2D eigenvalue weighted by molar-refractivity contribution is -0.117. The van der Waals surface area contributed by atoms with E-state index in [2.05, 4.69) is 5.10 Å². The molecule has 1 saturated heterocycles. The average molecular weight is 225 g/mol. The van der Waals surface area contributed by atoms with E-state index in [0.29, 0.717) is 19.5 Å². The fraction of sp³-hybridized carbons (Fsp3) is 0.600. The second-order valence-corrected chi connectivity index (χ2v) is 3.94. The van der Waals surface area contributed by atoms with Crippen LogP contribution in [0.25, 0.3) is 0 Å². The molecule has 1 aromatic rings. The van der Waals surface area contributed by atoms with Gasteiger partial charge in [-0.1, -0.05) is 0 Å². The van der Waals surface area contributed by atoms with Gasteiger partial charge in [-0.2, -0.15) is 5.10 Å². The van der Waals surface area contributed by atoms with Crippen LogP contribution >= 0.6 is 0 Å². The quantitative estimate of drug-likeness (QED) is 0.704. The fourth-order valence-corrected chi connectivity index (χ4v) is 1.87. The molecular weight excluding hydrogens is 210 g/mol. The first-order chi connectivity index (χ1) is 7.74. The topological polar surface area (TPSA) is 78.6 Å². The van der Waals surface area contributed by atoms with Gasteiger partial charge in [0.25, 0.3) is 0 Å². The molecule has 1 unspecified atom stereocenters. The Hall–Kier alpha value is -1.40. The number of aliphatic hydroxyl groups excluding tert-OH is 2. The van der Waals surface area contributed by atoms with Crippen LogP contribution in [-0.2, 0) is 11.3 Å². The molecule has 2 heterocycles. The van der Waals surface area contributed by atoms with E-state index in [9.17, 15) is 4.79 Å². The minimum Gasteiger partial charge on any atom is -0.396 e. The molecule has 1 amide bonds. The molecule has 0 saturated carbocycles. The van der Waals surface area contributed by atoms with E-state index in [1.807, 2.05) is 0 Å². The minimum absolute atomic E-state index is 0.0163. The van der Waals surface area contributed by atoms with E-state index in [0.717, 1.165) is 5.69 Å². The van der Waals surface area contributed by atoms with Crippen molar-refractivity contribution in [2.45, 2.75) is 13.0 Å². The summed E-state index contributed by atoms with van der Waals surface area (Å²) in [6.45, 7) is 1.02. The molecule has 0 spiro atoms. The average Bonchev–Trinajstić information content (AvgIpc) is 2.85. The first-order valence-corrected chi connectivity index (χ1v) is 5.29.